The SMILES string of the molecule is Br.O=S(=O)(c1ccc(-c2csc(N3N=C(c4ccccc4)CC3c3ccccc3)n2)cc1)N1CCCCC1. The highest BCUT2D eigenvalue weighted by Crippen LogP contribution is 2.39. The molecule has 0 radical (unpaired) electrons. The molecule has 9 heteroatoms. The molecule has 0 amide bonds. The van der Waals surface area contributed by atoms with Crippen molar-refractivity contribution in [2.75, 3.05) is 18.1 Å². The average molecular weight is 610 g/mol. The highest BCUT2D eigenvalue weighted by molar-refractivity contribution is 8.93. The Kier molecular flexibility index (Phi) is 8.09. The molecule has 1 unspecified atom stereocenters. The van der Waals surface area contributed by atoms with Gasteiger partial charge in [0.1, 0.15) is 0 Å². The van der Waals surface area contributed by atoms with Crippen LogP contribution in [0.4, 0.5) is 5.13 Å². The molecule has 3 heterocycles. The molecular formula is C29H29BrN4O2S2. The number of sulfonamides is 1. The monoisotopic (exact) mass is 608 g/mol. The van der Waals surface area contributed by atoms with E-state index in [0.29, 0.717) is 18.0 Å². The smallest absolute Gasteiger partial charge is 0.231 e. The Morgan fingerprint density at radius 1 is 0.789 bits per heavy atom. The number of piperidine rings is 1. The highest BCUT2D eigenvalue weighted by atomic mass is 79.9. The first-order valence-corrected chi connectivity index (χ1v) is 14.9. The lowest BCUT2D eigenvalue weighted by Gasteiger charge is -2.25. The van der Waals surface area contributed by atoms with Crippen molar-refractivity contribution in [3.63, 3.8) is 0 Å². The fraction of sp³-hybridized carbons (Fsp3) is 0.241. The van der Waals surface area contributed by atoms with Gasteiger partial charge in [-0.2, -0.15) is 9.41 Å². The molecule has 38 heavy (non-hydrogen) atoms. The third-order valence-electron chi connectivity index (χ3n) is 6.99. The first kappa shape index (κ1) is 26.7. The summed E-state index contributed by atoms with van der Waals surface area (Å²) in [6.45, 7) is 1.20. The van der Waals surface area contributed by atoms with Crippen LogP contribution in [0.5, 0.6) is 0 Å². The molecule has 196 valence electrons. The maximum Gasteiger partial charge on any atom is 0.243 e. The number of thiazole rings is 1. The van der Waals surface area contributed by atoms with Gasteiger partial charge in [0.15, 0.2) is 0 Å². The van der Waals surface area contributed by atoms with Gasteiger partial charge < -0.3 is 0 Å². The number of hydrogen-bond acceptors (Lipinski definition) is 6. The lowest BCUT2D eigenvalue weighted by Crippen LogP contribution is -2.35. The van der Waals surface area contributed by atoms with Crippen LogP contribution in [0.1, 0.15) is 42.9 Å². The minimum atomic E-state index is -3.45. The zero-order valence-corrected chi connectivity index (χ0v) is 24.2. The second-order valence-corrected chi connectivity index (χ2v) is 12.2. The summed E-state index contributed by atoms with van der Waals surface area (Å²) < 4.78 is 27.6. The molecule has 1 atom stereocenters. The Morgan fingerprint density at radius 2 is 1.45 bits per heavy atom. The molecule has 0 spiro atoms. The molecular weight excluding hydrogens is 580 g/mol. The minimum absolute atomic E-state index is 0. The van der Waals surface area contributed by atoms with Gasteiger partial charge >= 0.3 is 0 Å². The molecule has 1 aromatic heterocycles. The highest BCUT2D eigenvalue weighted by Gasteiger charge is 2.32. The van der Waals surface area contributed by atoms with Crippen LogP contribution in [0.3, 0.4) is 0 Å². The van der Waals surface area contributed by atoms with E-state index in [4.69, 9.17) is 10.1 Å². The van der Waals surface area contributed by atoms with Crippen LogP contribution in [0.15, 0.2) is 100 Å². The van der Waals surface area contributed by atoms with Gasteiger partial charge in [0.2, 0.25) is 15.2 Å². The zero-order chi connectivity index (χ0) is 25.2. The van der Waals surface area contributed by atoms with Crippen molar-refractivity contribution in [1.82, 2.24) is 9.29 Å². The Morgan fingerprint density at radius 3 is 2.13 bits per heavy atom. The van der Waals surface area contributed by atoms with Gasteiger partial charge in [-0.25, -0.2) is 18.4 Å². The minimum Gasteiger partial charge on any atom is -0.231 e. The van der Waals surface area contributed by atoms with Gasteiger partial charge in [0.05, 0.1) is 22.3 Å². The van der Waals surface area contributed by atoms with Crippen LogP contribution < -0.4 is 5.01 Å². The van der Waals surface area contributed by atoms with Crippen LogP contribution in [-0.4, -0.2) is 36.5 Å². The van der Waals surface area contributed by atoms with E-state index in [2.05, 4.69) is 36.4 Å². The van der Waals surface area contributed by atoms with Gasteiger partial charge in [-0.15, -0.1) is 28.3 Å². The maximum atomic E-state index is 13.0. The van der Waals surface area contributed by atoms with Crippen molar-refractivity contribution >= 4 is 49.2 Å². The first-order chi connectivity index (χ1) is 18.1. The third kappa shape index (κ3) is 5.33. The van der Waals surface area contributed by atoms with Crippen LogP contribution in [0.2, 0.25) is 0 Å². The number of hydrazone groups is 1. The van der Waals surface area contributed by atoms with E-state index in [-0.39, 0.29) is 23.0 Å². The van der Waals surface area contributed by atoms with E-state index in [9.17, 15) is 8.42 Å². The number of nitrogens with zero attached hydrogens (tertiary/aromatic N) is 4. The van der Waals surface area contributed by atoms with E-state index < -0.39 is 10.0 Å². The quantitative estimate of drug-likeness (QED) is 0.238. The Hall–Kier alpha value is -2.85. The molecule has 2 aliphatic heterocycles. The summed E-state index contributed by atoms with van der Waals surface area (Å²) in [5.41, 5.74) is 5.06. The molecule has 0 aliphatic carbocycles. The van der Waals surface area contributed by atoms with Gasteiger partial charge in [-0.05, 0) is 36.1 Å². The fourth-order valence-electron chi connectivity index (χ4n) is 4.98. The van der Waals surface area contributed by atoms with Gasteiger partial charge in [-0.3, -0.25) is 0 Å². The second kappa shape index (κ2) is 11.5. The van der Waals surface area contributed by atoms with E-state index in [1.54, 1.807) is 27.8 Å². The molecule has 1 saturated heterocycles. The number of hydrogen-bond donors (Lipinski definition) is 0. The van der Waals surface area contributed by atoms with Crippen LogP contribution in [-0.2, 0) is 10.0 Å². The number of anilines is 1. The average Bonchev–Trinajstić information content (AvgIpc) is 3.63. The van der Waals surface area contributed by atoms with Gasteiger partial charge in [0, 0.05) is 30.5 Å². The Balaban J connectivity index is 0.00000294. The summed E-state index contributed by atoms with van der Waals surface area (Å²) in [7, 11) is -3.45. The Labute approximate surface area is 238 Å². The third-order valence-corrected chi connectivity index (χ3v) is 9.74. The number of aromatic nitrogens is 1. The van der Waals surface area contributed by atoms with Gasteiger partial charge in [0.25, 0.3) is 0 Å². The van der Waals surface area contributed by atoms with Crippen molar-refractivity contribution in [1.29, 1.82) is 0 Å². The fourth-order valence-corrected chi connectivity index (χ4v) is 7.33. The Bertz CT molecular complexity index is 1500. The number of rotatable bonds is 6. The number of halogens is 1. The lowest BCUT2D eigenvalue weighted by molar-refractivity contribution is 0.346. The topological polar surface area (TPSA) is 65.9 Å². The zero-order valence-electron chi connectivity index (χ0n) is 20.8. The maximum absolute atomic E-state index is 13.0. The molecule has 0 saturated carbocycles. The second-order valence-electron chi connectivity index (χ2n) is 9.39. The molecule has 6 rings (SSSR count). The summed E-state index contributed by atoms with van der Waals surface area (Å²) >= 11 is 1.55. The summed E-state index contributed by atoms with van der Waals surface area (Å²) in [5.74, 6) is 0. The number of benzene rings is 3. The summed E-state index contributed by atoms with van der Waals surface area (Å²) in [4.78, 5) is 5.27. The first-order valence-electron chi connectivity index (χ1n) is 12.6. The molecule has 1 fully saturated rings. The van der Waals surface area contributed by atoms with E-state index in [0.717, 1.165) is 53.3 Å². The molecule has 2 aliphatic rings. The van der Waals surface area contributed by atoms with Crippen molar-refractivity contribution in [2.45, 2.75) is 36.6 Å². The lowest BCUT2D eigenvalue weighted by atomic mass is 9.99. The molecule has 0 bridgehead atoms. The standard InChI is InChI=1S/C29H28N4O2S2.BrH/c34-37(35,32-18-8-3-9-19-32)25-16-14-23(15-17-25)27-21-36-29(30-27)33-28(24-12-6-2-7-13-24)20-26(31-33)22-10-4-1-5-11-22;/h1-2,4-7,10-17,21,28H,3,8-9,18-20H2;1H. The molecule has 6 nitrogen and oxygen atoms in total. The summed E-state index contributed by atoms with van der Waals surface area (Å²) in [6, 6.07) is 27.9. The van der Waals surface area contributed by atoms with Crippen LogP contribution in [0, 0.1) is 0 Å². The largest absolute Gasteiger partial charge is 0.243 e. The molecule has 0 N–H and O–H groups in total. The van der Waals surface area contributed by atoms with E-state index in [1.807, 2.05) is 46.8 Å². The summed E-state index contributed by atoms with van der Waals surface area (Å²) in [5, 5.41) is 9.87. The van der Waals surface area contributed by atoms with Crippen molar-refractivity contribution < 1.29 is 8.42 Å². The van der Waals surface area contributed by atoms with Crippen LogP contribution >= 0.6 is 28.3 Å². The van der Waals surface area contributed by atoms with Crippen molar-refractivity contribution in [3.8, 4) is 11.3 Å². The normalized spacial score (nSPS) is 18.2. The van der Waals surface area contributed by atoms with E-state index in [1.165, 1.54) is 5.56 Å². The van der Waals surface area contributed by atoms with E-state index >= 15 is 0 Å². The van der Waals surface area contributed by atoms with Crippen molar-refractivity contribution in [3.05, 3.63) is 101 Å². The predicted molar refractivity (Wildman–Crippen MR) is 160 cm³/mol. The van der Waals surface area contributed by atoms with Crippen molar-refractivity contribution in [2.24, 2.45) is 5.10 Å². The molecule has 3 aromatic carbocycles. The van der Waals surface area contributed by atoms with Crippen LogP contribution in [0.25, 0.3) is 11.3 Å². The molecule has 4 aromatic rings. The predicted octanol–water partition coefficient (Wildman–Crippen LogP) is 6.92. The van der Waals surface area contributed by atoms with Gasteiger partial charge in [-0.1, -0.05) is 79.2 Å². The summed E-state index contributed by atoms with van der Waals surface area (Å²) in [6.07, 6.45) is 3.74.